The van der Waals surface area contributed by atoms with Gasteiger partial charge in [0.15, 0.2) is 11.5 Å². The van der Waals surface area contributed by atoms with Crippen molar-refractivity contribution in [1.29, 1.82) is 0 Å². The van der Waals surface area contributed by atoms with E-state index in [2.05, 4.69) is 10.3 Å². The van der Waals surface area contributed by atoms with Gasteiger partial charge in [0.1, 0.15) is 0 Å². The molecule has 26 heavy (non-hydrogen) atoms. The Bertz CT molecular complexity index is 757. The molecule has 1 heterocycles. The van der Waals surface area contributed by atoms with Crippen LogP contribution in [0.3, 0.4) is 0 Å². The molecule has 1 saturated carbocycles. The number of ether oxygens (including phenoxy) is 3. The van der Waals surface area contributed by atoms with Gasteiger partial charge in [-0.3, -0.25) is 4.79 Å². The van der Waals surface area contributed by atoms with Crippen molar-refractivity contribution in [2.75, 3.05) is 14.2 Å². The number of hydrogen-bond donors (Lipinski definition) is 1. The predicted molar refractivity (Wildman–Crippen MR) is 97.8 cm³/mol. The lowest BCUT2D eigenvalue weighted by molar-refractivity contribution is 0.0950. The van der Waals surface area contributed by atoms with Gasteiger partial charge in [-0.2, -0.15) is 0 Å². The highest BCUT2D eigenvalue weighted by Gasteiger charge is 2.19. The van der Waals surface area contributed by atoms with Crippen LogP contribution >= 0.6 is 0 Å². The minimum Gasteiger partial charge on any atom is -0.493 e. The summed E-state index contributed by atoms with van der Waals surface area (Å²) in [6.45, 7) is 0.332. The van der Waals surface area contributed by atoms with Gasteiger partial charge in [-0.05, 0) is 49.9 Å². The summed E-state index contributed by atoms with van der Waals surface area (Å²) < 4.78 is 16.6. The number of methoxy groups -OCH3 is 2. The molecule has 0 unspecified atom stereocenters. The third-order valence-corrected chi connectivity index (χ3v) is 4.50. The number of aromatic nitrogens is 1. The highest BCUT2D eigenvalue weighted by Crippen LogP contribution is 2.32. The standard InChI is InChI=1S/C20H24N2O4/c1-24-18-12-14(9-10-17(18)26-16-7-3-4-8-16)19(23)22-13-15-6-5-11-21-20(15)25-2/h5-6,9-12,16H,3-4,7-8,13H2,1-2H3,(H,22,23). The van der Waals surface area contributed by atoms with E-state index in [0.717, 1.165) is 18.4 Å². The maximum Gasteiger partial charge on any atom is 0.251 e. The van der Waals surface area contributed by atoms with Crippen molar-refractivity contribution in [3.63, 3.8) is 0 Å². The zero-order chi connectivity index (χ0) is 18.4. The van der Waals surface area contributed by atoms with Crippen molar-refractivity contribution in [3.05, 3.63) is 47.7 Å². The summed E-state index contributed by atoms with van der Waals surface area (Å²) in [5.74, 6) is 1.57. The molecule has 1 aromatic heterocycles. The average molecular weight is 356 g/mol. The van der Waals surface area contributed by atoms with Crippen LogP contribution in [0.25, 0.3) is 0 Å². The molecule has 1 aliphatic carbocycles. The first-order chi connectivity index (χ1) is 12.7. The molecule has 1 aromatic carbocycles. The number of benzene rings is 1. The third-order valence-electron chi connectivity index (χ3n) is 4.50. The average Bonchev–Trinajstić information content (AvgIpc) is 3.19. The zero-order valence-corrected chi connectivity index (χ0v) is 15.2. The largest absolute Gasteiger partial charge is 0.493 e. The van der Waals surface area contributed by atoms with E-state index in [9.17, 15) is 4.79 Å². The molecule has 0 spiro atoms. The zero-order valence-electron chi connectivity index (χ0n) is 15.2. The summed E-state index contributed by atoms with van der Waals surface area (Å²) >= 11 is 0. The Balaban J connectivity index is 1.67. The number of carbonyl (C=O) groups excluding carboxylic acids is 1. The van der Waals surface area contributed by atoms with Gasteiger partial charge in [0, 0.05) is 23.9 Å². The van der Waals surface area contributed by atoms with Gasteiger partial charge in [0.05, 0.1) is 20.3 Å². The molecule has 1 aliphatic rings. The molecule has 1 fully saturated rings. The van der Waals surface area contributed by atoms with Gasteiger partial charge in [-0.1, -0.05) is 6.07 Å². The van der Waals surface area contributed by atoms with Crippen molar-refractivity contribution in [1.82, 2.24) is 10.3 Å². The second-order valence-electron chi connectivity index (χ2n) is 6.24. The third kappa shape index (κ3) is 4.25. The quantitative estimate of drug-likeness (QED) is 0.824. The van der Waals surface area contributed by atoms with E-state index in [0.29, 0.717) is 29.5 Å². The highest BCUT2D eigenvalue weighted by atomic mass is 16.5. The molecular formula is C20H24N2O4. The molecule has 0 radical (unpaired) electrons. The minimum atomic E-state index is -0.193. The van der Waals surface area contributed by atoms with Crippen LogP contribution < -0.4 is 19.5 Å². The molecule has 6 nitrogen and oxygen atoms in total. The summed E-state index contributed by atoms with van der Waals surface area (Å²) in [6, 6.07) is 8.94. The van der Waals surface area contributed by atoms with Crippen molar-refractivity contribution < 1.29 is 19.0 Å². The van der Waals surface area contributed by atoms with Crippen LogP contribution in [0.2, 0.25) is 0 Å². The molecule has 0 bridgehead atoms. The Morgan fingerprint density at radius 2 is 1.96 bits per heavy atom. The van der Waals surface area contributed by atoms with Crippen LogP contribution in [0, 0.1) is 0 Å². The number of nitrogens with zero attached hydrogens (tertiary/aromatic N) is 1. The molecule has 6 heteroatoms. The summed E-state index contributed by atoms with van der Waals surface area (Å²) in [6.07, 6.45) is 6.42. The Morgan fingerprint density at radius 3 is 2.69 bits per heavy atom. The Labute approximate surface area is 153 Å². The van der Waals surface area contributed by atoms with Crippen molar-refractivity contribution >= 4 is 5.91 Å². The molecule has 2 aromatic rings. The van der Waals surface area contributed by atoms with E-state index in [1.807, 2.05) is 12.1 Å². The smallest absolute Gasteiger partial charge is 0.251 e. The van der Waals surface area contributed by atoms with E-state index in [-0.39, 0.29) is 12.0 Å². The highest BCUT2D eigenvalue weighted by molar-refractivity contribution is 5.94. The monoisotopic (exact) mass is 356 g/mol. The van der Waals surface area contributed by atoms with Crippen LogP contribution in [0.15, 0.2) is 36.5 Å². The van der Waals surface area contributed by atoms with E-state index < -0.39 is 0 Å². The van der Waals surface area contributed by atoms with Crippen molar-refractivity contribution in [2.24, 2.45) is 0 Å². The first-order valence-corrected chi connectivity index (χ1v) is 8.82. The molecule has 0 atom stereocenters. The normalized spacial score (nSPS) is 14.1. The Morgan fingerprint density at radius 1 is 1.15 bits per heavy atom. The second-order valence-corrected chi connectivity index (χ2v) is 6.24. The van der Waals surface area contributed by atoms with Gasteiger partial charge in [-0.15, -0.1) is 0 Å². The summed E-state index contributed by atoms with van der Waals surface area (Å²) in [5, 5.41) is 2.88. The molecule has 1 N–H and O–H groups in total. The molecule has 0 aliphatic heterocycles. The number of amides is 1. The lowest BCUT2D eigenvalue weighted by Crippen LogP contribution is -2.23. The van der Waals surface area contributed by atoms with Gasteiger partial charge in [-0.25, -0.2) is 4.98 Å². The van der Waals surface area contributed by atoms with Gasteiger partial charge >= 0.3 is 0 Å². The lowest BCUT2D eigenvalue weighted by atomic mass is 10.1. The topological polar surface area (TPSA) is 69.7 Å². The Hall–Kier alpha value is -2.76. The Kier molecular flexibility index (Phi) is 5.94. The van der Waals surface area contributed by atoms with Crippen molar-refractivity contribution in [2.45, 2.75) is 38.3 Å². The fraction of sp³-hybridized carbons (Fsp3) is 0.400. The van der Waals surface area contributed by atoms with E-state index in [4.69, 9.17) is 14.2 Å². The summed E-state index contributed by atoms with van der Waals surface area (Å²) in [4.78, 5) is 16.6. The van der Waals surface area contributed by atoms with Crippen molar-refractivity contribution in [3.8, 4) is 17.4 Å². The fourth-order valence-electron chi connectivity index (χ4n) is 3.11. The van der Waals surface area contributed by atoms with Gasteiger partial charge < -0.3 is 19.5 Å². The number of hydrogen-bond acceptors (Lipinski definition) is 5. The number of nitrogens with one attached hydrogen (secondary N) is 1. The van der Waals surface area contributed by atoms with Gasteiger partial charge in [0.25, 0.3) is 5.91 Å². The lowest BCUT2D eigenvalue weighted by Gasteiger charge is -2.16. The number of pyridine rings is 1. The van der Waals surface area contributed by atoms with Crippen LogP contribution in [0.1, 0.15) is 41.6 Å². The van der Waals surface area contributed by atoms with E-state index in [1.54, 1.807) is 38.6 Å². The van der Waals surface area contributed by atoms with E-state index in [1.165, 1.54) is 12.8 Å². The van der Waals surface area contributed by atoms with Gasteiger partial charge in [0.2, 0.25) is 5.88 Å². The van der Waals surface area contributed by atoms with Crippen LogP contribution in [0.4, 0.5) is 0 Å². The maximum absolute atomic E-state index is 12.5. The summed E-state index contributed by atoms with van der Waals surface area (Å²) in [5.41, 5.74) is 1.33. The predicted octanol–water partition coefficient (Wildman–Crippen LogP) is 3.35. The molecule has 138 valence electrons. The number of carbonyl (C=O) groups is 1. The second kappa shape index (κ2) is 8.56. The molecule has 3 rings (SSSR count). The first kappa shape index (κ1) is 18.0. The van der Waals surface area contributed by atoms with Crippen LogP contribution in [0.5, 0.6) is 17.4 Å². The summed E-state index contributed by atoms with van der Waals surface area (Å²) in [7, 11) is 3.14. The molecule has 0 saturated heterocycles. The van der Waals surface area contributed by atoms with E-state index >= 15 is 0 Å². The molecule has 1 amide bonds. The first-order valence-electron chi connectivity index (χ1n) is 8.82. The van der Waals surface area contributed by atoms with Crippen LogP contribution in [-0.4, -0.2) is 31.2 Å². The van der Waals surface area contributed by atoms with Crippen LogP contribution in [-0.2, 0) is 6.54 Å². The minimum absolute atomic E-state index is 0.193. The number of rotatable bonds is 7. The fourth-order valence-corrected chi connectivity index (χ4v) is 3.11. The maximum atomic E-state index is 12.5. The molecular weight excluding hydrogens is 332 g/mol. The SMILES string of the molecule is COc1cc(C(=O)NCc2cccnc2OC)ccc1OC1CCCC1.